The minimum Gasteiger partial charge on any atom is -0.481 e. The zero-order chi connectivity index (χ0) is 14.8. The summed E-state index contributed by atoms with van der Waals surface area (Å²) in [5.74, 6) is -0.726. The van der Waals surface area contributed by atoms with Gasteiger partial charge in [0.1, 0.15) is 0 Å². The summed E-state index contributed by atoms with van der Waals surface area (Å²) in [6.45, 7) is 4.00. The quantitative estimate of drug-likeness (QED) is 0.848. The van der Waals surface area contributed by atoms with Gasteiger partial charge in [-0.15, -0.1) is 0 Å². The van der Waals surface area contributed by atoms with Gasteiger partial charge in [-0.05, 0) is 29.5 Å². The van der Waals surface area contributed by atoms with Gasteiger partial charge in [0.25, 0.3) is 0 Å². The van der Waals surface area contributed by atoms with E-state index in [4.69, 9.17) is 5.11 Å². The van der Waals surface area contributed by atoms with Gasteiger partial charge >= 0.3 is 5.97 Å². The highest BCUT2D eigenvalue weighted by Gasteiger charge is 2.00. The highest BCUT2D eigenvalue weighted by Crippen LogP contribution is 2.19. The van der Waals surface area contributed by atoms with Crippen LogP contribution < -0.4 is 0 Å². The van der Waals surface area contributed by atoms with E-state index in [0.29, 0.717) is 6.42 Å². The van der Waals surface area contributed by atoms with Gasteiger partial charge < -0.3 is 5.11 Å². The molecular formula is C18H22O2. The Morgan fingerprint density at radius 1 is 0.900 bits per heavy atom. The topological polar surface area (TPSA) is 37.3 Å². The van der Waals surface area contributed by atoms with E-state index in [2.05, 4.69) is 36.4 Å². The standard InChI is InChI=1S/C16H16O2.C2H6/c17-16(18)8-4-5-13-9-11-15(12-10-13)14-6-2-1-3-7-14;1-2/h1-3,6-7,9-12H,4-5,8H2,(H,17,18);1-2H3. The maximum Gasteiger partial charge on any atom is 0.303 e. The first-order valence-corrected chi connectivity index (χ1v) is 7.12. The van der Waals surface area contributed by atoms with Gasteiger partial charge in [0.2, 0.25) is 0 Å². The highest BCUT2D eigenvalue weighted by atomic mass is 16.4. The molecule has 0 aromatic heterocycles. The fourth-order valence-corrected chi connectivity index (χ4v) is 1.94. The predicted molar refractivity (Wildman–Crippen MR) is 83.8 cm³/mol. The van der Waals surface area contributed by atoms with E-state index in [-0.39, 0.29) is 6.42 Å². The van der Waals surface area contributed by atoms with Crippen molar-refractivity contribution in [2.24, 2.45) is 0 Å². The van der Waals surface area contributed by atoms with E-state index < -0.39 is 5.97 Å². The second-order valence-corrected chi connectivity index (χ2v) is 4.31. The van der Waals surface area contributed by atoms with Crippen LogP contribution in [0.25, 0.3) is 11.1 Å². The summed E-state index contributed by atoms with van der Waals surface area (Å²) in [7, 11) is 0. The molecule has 0 radical (unpaired) electrons. The molecule has 2 aromatic carbocycles. The molecule has 2 heteroatoms. The molecule has 2 rings (SSSR count). The molecule has 0 unspecified atom stereocenters. The average Bonchev–Trinajstić information content (AvgIpc) is 2.50. The molecule has 0 atom stereocenters. The molecule has 0 aliphatic rings. The third-order valence-electron chi connectivity index (χ3n) is 2.92. The molecule has 0 heterocycles. The third kappa shape index (κ3) is 5.27. The van der Waals surface area contributed by atoms with Crippen molar-refractivity contribution in [3.63, 3.8) is 0 Å². The SMILES string of the molecule is CC.O=C(O)CCCc1ccc(-c2ccccc2)cc1. The van der Waals surface area contributed by atoms with Crippen LogP contribution in [0, 0.1) is 0 Å². The van der Waals surface area contributed by atoms with Gasteiger partial charge in [-0.3, -0.25) is 4.79 Å². The van der Waals surface area contributed by atoms with Gasteiger partial charge in [0.05, 0.1) is 0 Å². The monoisotopic (exact) mass is 270 g/mol. The smallest absolute Gasteiger partial charge is 0.303 e. The van der Waals surface area contributed by atoms with E-state index in [1.54, 1.807) is 0 Å². The maximum absolute atomic E-state index is 10.4. The van der Waals surface area contributed by atoms with Gasteiger partial charge in [-0.1, -0.05) is 68.4 Å². The lowest BCUT2D eigenvalue weighted by atomic mass is 10.0. The predicted octanol–water partition coefficient (Wildman–Crippen LogP) is 4.79. The number of benzene rings is 2. The number of carboxylic acid groups (broad SMARTS) is 1. The second kappa shape index (κ2) is 8.92. The summed E-state index contributed by atoms with van der Waals surface area (Å²) < 4.78 is 0. The first-order chi connectivity index (χ1) is 9.75. The van der Waals surface area contributed by atoms with Crippen LogP contribution in [-0.2, 0) is 11.2 Å². The molecule has 0 saturated carbocycles. The summed E-state index contributed by atoms with van der Waals surface area (Å²) in [4.78, 5) is 10.4. The first kappa shape index (κ1) is 16.0. The van der Waals surface area contributed by atoms with Crippen LogP contribution >= 0.6 is 0 Å². The molecule has 0 bridgehead atoms. The zero-order valence-corrected chi connectivity index (χ0v) is 12.2. The summed E-state index contributed by atoms with van der Waals surface area (Å²) in [6.07, 6.45) is 1.75. The fraction of sp³-hybridized carbons (Fsp3) is 0.278. The maximum atomic E-state index is 10.4. The Kier molecular flexibility index (Phi) is 7.12. The summed E-state index contributed by atoms with van der Waals surface area (Å²) in [6, 6.07) is 18.5. The molecule has 0 saturated heterocycles. The van der Waals surface area contributed by atoms with Crippen molar-refractivity contribution in [3.05, 3.63) is 60.2 Å². The molecule has 0 amide bonds. The third-order valence-corrected chi connectivity index (χ3v) is 2.92. The Morgan fingerprint density at radius 2 is 1.45 bits per heavy atom. The Labute approximate surface area is 121 Å². The highest BCUT2D eigenvalue weighted by molar-refractivity contribution is 5.66. The fourth-order valence-electron chi connectivity index (χ4n) is 1.94. The number of carbonyl (C=O) groups is 1. The largest absolute Gasteiger partial charge is 0.481 e. The Bertz CT molecular complexity index is 501. The van der Waals surface area contributed by atoms with Crippen LogP contribution in [0.1, 0.15) is 32.3 Å². The minimum atomic E-state index is -0.726. The molecule has 0 spiro atoms. The summed E-state index contributed by atoms with van der Waals surface area (Å²) in [5, 5.41) is 8.58. The first-order valence-electron chi connectivity index (χ1n) is 7.12. The van der Waals surface area contributed by atoms with Gasteiger partial charge in [0.15, 0.2) is 0 Å². The number of hydrogen-bond donors (Lipinski definition) is 1. The van der Waals surface area contributed by atoms with Crippen LogP contribution in [0.15, 0.2) is 54.6 Å². The second-order valence-electron chi connectivity index (χ2n) is 4.31. The molecule has 0 aliphatic carbocycles. The van der Waals surface area contributed by atoms with Crippen molar-refractivity contribution in [2.45, 2.75) is 33.1 Å². The van der Waals surface area contributed by atoms with E-state index in [0.717, 1.165) is 6.42 Å². The summed E-state index contributed by atoms with van der Waals surface area (Å²) in [5.41, 5.74) is 3.59. The van der Waals surface area contributed by atoms with Crippen LogP contribution in [-0.4, -0.2) is 11.1 Å². The average molecular weight is 270 g/mol. The van der Waals surface area contributed by atoms with Gasteiger partial charge in [-0.2, -0.15) is 0 Å². The van der Waals surface area contributed by atoms with Crippen molar-refractivity contribution in [1.82, 2.24) is 0 Å². The van der Waals surface area contributed by atoms with Crippen molar-refractivity contribution < 1.29 is 9.90 Å². The van der Waals surface area contributed by atoms with Crippen LogP contribution in [0.3, 0.4) is 0 Å². The molecule has 0 fully saturated rings. The number of rotatable bonds is 5. The Hall–Kier alpha value is -2.09. The van der Waals surface area contributed by atoms with Crippen molar-refractivity contribution in [3.8, 4) is 11.1 Å². The number of carboxylic acids is 1. The van der Waals surface area contributed by atoms with E-state index in [1.165, 1.54) is 16.7 Å². The molecule has 2 nitrogen and oxygen atoms in total. The van der Waals surface area contributed by atoms with Crippen LogP contribution in [0.5, 0.6) is 0 Å². The number of aryl methyl sites for hydroxylation is 1. The molecule has 106 valence electrons. The van der Waals surface area contributed by atoms with E-state index in [9.17, 15) is 4.79 Å². The normalized spacial score (nSPS) is 9.50. The molecular weight excluding hydrogens is 248 g/mol. The molecule has 20 heavy (non-hydrogen) atoms. The lowest BCUT2D eigenvalue weighted by Gasteiger charge is -2.04. The van der Waals surface area contributed by atoms with Gasteiger partial charge in [0, 0.05) is 6.42 Å². The van der Waals surface area contributed by atoms with E-state index >= 15 is 0 Å². The molecule has 0 aliphatic heterocycles. The Balaban J connectivity index is 0.000000956. The minimum absolute atomic E-state index is 0.237. The van der Waals surface area contributed by atoms with Gasteiger partial charge in [-0.25, -0.2) is 0 Å². The Morgan fingerprint density at radius 3 is 2.00 bits per heavy atom. The van der Waals surface area contributed by atoms with Crippen molar-refractivity contribution in [1.29, 1.82) is 0 Å². The molecule has 2 aromatic rings. The van der Waals surface area contributed by atoms with Crippen LogP contribution in [0.2, 0.25) is 0 Å². The van der Waals surface area contributed by atoms with E-state index in [1.807, 2.05) is 32.0 Å². The van der Waals surface area contributed by atoms with Crippen molar-refractivity contribution in [2.75, 3.05) is 0 Å². The van der Waals surface area contributed by atoms with Crippen LogP contribution in [0.4, 0.5) is 0 Å². The lowest BCUT2D eigenvalue weighted by Crippen LogP contribution is -1.95. The summed E-state index contributed by atoms with van der Waals surface area (Å²) >= 11 is 0. The number of hydrogen-bond acceptors (Lipinski definition) is 1. The zero-order valence-electron chi connectivity index (χ0n) is 12.2. The molecule has 1 N–H and O–H groups in total. The number of aliphatic carboxylic acids is 1. The van der Waals surface area contributed by atoms with Crippen molar-refractivity contribution >= 4 is 5.97 Å². The lowest BCUT2D eigenvalue weighted by molar-refractivity contribution is -0.137.